The summed E-state index contributed by atoms with van der Waals surface area (Å²) in [7, 11) is 0. The summed E-state index contributed by atoms with van der Waals surface area (Å²) in [6.45, 7) is 5.24. The zero-order chi connectivity index (χ0) is 27.4. The predicted octanol–water partition coefficient (Wildman–Crippen LogP) is 6.62. The van der Waals surface area contributed by atoms with E-state index in [-0.39, 0.29) is 23.9 Å². The molecule has 2 aliphatic rings. The van der Waals surface area contributed by atoms with Gasteiger partial charge in [0.15, 0.2) is 0 Å². The molecule has 2 heterocycles. The Balaban J connectivity index is 1.39. The highest BCUT2D eigenvalue weighted by molar-refractivity contribution is 6.30. The van der Waals surface area contributed by atoms with Gasteiger partial charge in [-0.3, -0.25) is 14.5 Å². The average Bonchev–Trinajstić information content (AvgIpc) is 2.96. The normalized spacial score (nSPS) is 18.9. The van der Waals surface area contributed by atoms with E-state index < -0.39 is 0 Å². The molecule has 3 aromatic rings. The minimum atomic E-state index is -0.0492. The van der Waals surface area contributed by atoms with Crippen LogP contribution in [0.2, 0.25) is 10.0 Å². The first kappa shape index (κ1) is 27.7. The molecule has 0 N–H and O–H groups in total. The van der Waals surface area contributed by atoms with Crippen LogP contribution < -0.4 is 0 Å². The van der Waals surface area contributed by atoms with Gasteiger partial charge in [-0.05, 0) is 59.7 Å². The van der Waals surface area contributed by atoms with Crippen molar-refractivity contribution in [2.45, 2.75) is 38.3 Å². The maximum Gasteiger partial charge on any atom is 0.223 e. The van der Waals surface area contributed by atoms with Crippen molar-refractivity contribution in [3.8, 4) is 0 Å². The first-order valence-electron chi connectivity index (χ1n) is 13.7. The van der Waals surface area contributed by atoms with E-state index in [1.165, 1.54) is 0 Å². The van der Waals surface area contributed by atoms with E-state index in [4.69, 9.17) is 23.2 Å². The third kappa shape index (κ3) is 6.66. The molecule has 3 aromatic carbocycles. The van der Waals surface area contributed by atoms with Crippen LogP contribution in [0.25, 0.3) is 0 Å². The van der Waals surface area contributed by atoms with E-state index in [2.05, 4.69) is 46.2 Å². The SMILES string of the molecule is CC(=O)N1CCC(CC(=O)N2CCN(C(c3ccc(Cl)cc3)c3ccc(Cl)cc3)C[C@@H]2c2ccccc2)CC1. The number of piperazine rings is 1. The number of hydrogen-bond acceptors (Lipinski definition) is 3. The lowest BCUT2D eigenvalue weighted by molar-refractivity contribution is -0.138. The summed E-state index contributed by atoms with van der Waals surface area (Å²) in [5.41, 5.74) is 3.46. The quantitative estimate of drug-likeness (QED) is 0.338. The summed E-state index contributed by atoms with van der Waals surface area (Å²) >= 11 is 12.5. The number of halogens is 2. The highest BCUT2D eigenvalue weighted by atomic mass is 35.5. The van der Waals surface area contributed by atoms with Crippen LogP contribution >= 0.6 is 23.2 Å². The molecule has 2 aliphatic heterocycles. The lowest BCUT2D eigenvalue weighted by Gasteiger charge is -2.45. The second-order valence-corrected chi connectivity index (χ2v) is 11.5. The van der Waals surface area contributed by atoms with Crippen molar-refractivity contribution in [1.82, 2.24) is 14.7 Å². The largest absolute Gasteiger partial charge is 0.343 e. The molecule has 1 atom stereocenters. The number of likely N-dealkylation sites (tertiary alicyclic amines) is 1. The fourth-order valence-electron chi connectivity index (χ4n) is 6.02. The Morgan fingerprint density at radius 2 is 1.36 bits per heavy atom. The van der Waals surface area contributed by atoms with Gasteiger partial charge in [-0.15, -0.1) is 0 Å². The van der Waals surface area contributed by atoms with Gasteiger partial charge in [0.25, 0.3) is 0 Å². The summed E-state index contributed by atoms with van der Waals surface area (Å²) < 4.78 is 0. The minimum Gasteiger partial charge on any atom is -0.343 e. The Bertz CT molecular complexity index is 1210. The van der Waals surface area contributed by atoms with Crippen molar-refractivity contribution in [2.24, 2.45) is 5.92 Å². The highest BCUT2D eigenvalue weighted by Crippen LogP contribution is 2.36. The van der Waals surface area contributed by atoms with Gasteiger partial charge in [0, 0.05) is 56.1 Å². The molecule has 0 saturated carbocycles. The van der Waals surface area contributed by atoms with Gasteiger partial charge in [0.2, 0.25) is 11.8 Å². The molecular formula is C32H35Cl2N3O2. The van der Waals surface area contributed by atoms with Crippen molar-refractivity contribution in [3.63, 3.8) is 0 Å². The smallest absolute Gasteiger partial charge is 0.223 e. The van der Waals surface area contributed by atoms with Gasteiger partial charge in [-0.25, -0.2) is 0 Å². The maximum absolute atomic E-state index is 13.8. The molecule has 5 nitrogen and oxygen atoms in total. The molecule has 2 fully saturated rings. The fraction of sp³-hybridized carbons (Fsp3) is 0.375. The number of piperidine rings is 1. The molecule has 0 aromatic heterocycles. The second kappa shape index (κ2) is 12.5. The zero-order valence-electron chi connectivity index (χ0n) is 22.3. The summed E-state index contributed by atoms with van der Waals surface area (Å²) in [4.78, 5) is 31.9. The Labute approximate surface area is 241 Å². The van der Waals surface area contributed by atoms with Crippen molar-refractivity contribution in [3.05, 3.63) is 106 Å². The Morgan fingerprint density at radius 3 is 1.90 bits per heavy atom. The summed E-state index contributed by atoms with van der Waals surface area (Å²) in [6, 6.07) is 26.4. The van der Waals surface area contributed by atoms with E-state index in [0.717, 1.165) is 49.2 Å². The average molecular weight is 565 g/mol. The van der Waals surface area contributed by atoms with Gasteiger partial charge < -0.3 is 9.80 Å². The summed E-state index contributed by atoms with van der Waals surface area (Å²) in [6.07, 6.45) is 2.31. The number of carbonyl (C=O) groups is 2. The predicted molar refractivity (Wildman–Crippen MR) is 157 cm³/mol. The Hall–Kier alpha value is -2.86. The Morgan fingerprint density at radius 1 is 0.795 bits per heavy atom. The van der Waals surface area contributed by atoms with Crippen LogP contribution in [0.15, 0.2) is 78.9 Å². The van der Waals surface area contributed by atoms with Crippen LogP contribution in [-0.2, 0) is 9.59 Å². The molecule has 39 heavy (non-hydrogen) atoms. The topological polar surface area (TPSA) is 43.9 Å². The lowest BCUT2D eigenvalue weighted by Crippen LogP contribution is -2.52. The van der Waals surface area contributed by atoms with Crippen LogP contribution in [0.4, 0.5) is 0 Å². The number of amides is 2. The van der Waals surface area contributed by atoms with Gasteiger partial charge in [0.05, 0.1) is 12.1 Å². The molecule has 2 amide bonds. The fourth-order valence-corrected chi connectivity index (χ4v) is 6.27. The van der Waals surface area contributed by atoms with E-state index in [1.807, 2.05) is 47.4 Å². The first-order chi connectivity index (χ1) is 18.9. The molecule has 0 radical (unpaired) electrons. The highest BCUT2D eigenvalue weighted by Gasteiger charge is 2.36. The van der Waals surface area contributed by atoms with Gasteiger partial charge in [0.1, 0.15) is 0 Å². The van der Waals surface area contributed by atoms with Crippen molar-refractivity contribution < 1.29 is 9.59 Å². The molecule has 0 aliphatic carbocycles. The number of benzene rings is 3. The minimum absolute atomic E-state index is 0.0129. The third-order valence-electron chi connectivity index (χ3n) is 8.18. The monoisotopic (exact) mass is 563 g/mol. The first-order valence-corrected chi connectivity index (χ1v) is 14.5. The van der Waals surface area contributed by atoms with Crippen LogP contribution in [0.5, 0.6) is 0 Å². The molecule has 0 bridgehead atoms. The number of nitrogens with zero attached hydrogens (tertiary/aromatic N) is 3. The summed E-state index contributed by atoms with van der Waals surface area (Å²) in [5.74, 6) is 0.647. The van der Waals surface area contributed by atoms with E-state index in [0.29, 0.717) is 35.5 Å². The molecule has 0 spiro atoms. The zero-order valence-corrected chi connectivity index (χ0v) is 23.8. The van der Waals surface area contributed by atoms with Crippen molar-refractivity contribution in [2.75, 3.05) is 32.7 Å². The molecule has 7 heteroatoms. The third-order valence-corrected chi connectivity index (χ3v) is 8.68. The standard InChI is InChI=1S/C32H35Cl2N3O2/c1-23(38)35-17-15-24(16-18-35)21-31(39)37-20-19-36(22-30(37)25-5-3-2-4-6-25)32(26-7-11-28(33)12-8-26)27-9-13-29(34)14-10-27/h2-14,24,30,32H,15-22H2,1H3/t30-/m1/s1. The van der Waals surface area contributed by atoms with Crippen LogP contribution in [-0.4, -0.2) is 59.2 Å². The second-order valence-electron chi connectivity index (χ2n) is 10.7. The molecule has 2 saturated heterocycles. The molecule has 204 valence electrons. The van der Waals surface area contributed by atoms with E-state index in [1.54, 1.807) is 6.92 Å². The van der Waals surface area contributed by atoms with Crippen molar-refractivity contribution in [1.29, 1.82) is 0 Å². The van der Waals surface area contributed by atoms with E-state index >= 15 is 0 Å². The van der Waals surface area contributed by atoms with Crippen LogP contribution in [0.1, 0.15) is 55.0 Å². The van der Waals surface area contributed by atoms with Gasteiger partial charge >= 0.3 is 0 Å². The lowest BCUT2D eigenvalue weighted by atomic mass is 9.91. The molecule has 5 rings (SSSR count). The number of carbonyl (C=O) groups excluding carboxylic acids is 2. The van der Waals surface area contributed by atoms with Crippen molar-refractivity contribution >= 4 is 35.0 Å². The van der Waals surface area contributed by atoms with Crippen LogP contribution in [0.3, 0.4) is 0 Å². The molecule has 0 unspecified atom stereocenters. The van der Waals surface area contributed by atoms with E-state index in [9.17, 15) is 9.59 Å². The Kier molecular flexibility index (Phi) is 8.91. The van der Waals surface area contributed by atoms with Gasteiger partial charge in [-0.2, -0.15) is 0 Å². The number of hydrogen-bond donors (Lipinski definition) is 0. The number of rotatable bonds is 6. The van der Waals surface area contributed by atoms with Crippen LogP contribution in [0, 0.1) is 5.92 Å². The maximum atomic E-state index is 13.8. The summed E-state index contributed by atoms with van der Waals surface area (Å²) in [5, 5.41) is 1.42. The van der Waals surface area contributed by atoms with Gasteiger partial charge in [-0.1, -0.05) is 77.8 Å². The molecular weight excluding hydrogens is 529 g/mol.